The summed E-state index contributed by atoms with van der Waals surface area (Å²) in [6.45, 7) is 4.77. The molecule has 7 heteroatoms. The van der Waals surface area contributed by atoms with Crippen molar-refractivity contribution in [1.82, 2.24) is 14.7 Å². The summed E-state index contributed by atoms with van der Waals surface area (Å²) in [5.41, 5.74) is 5.40. The highest BCUT2D eigenvalue weighted by Crippen LogP contribution is 2.24. The minimum absolute atomic E-state index is 0.0364. The Morgan fingerprint density at radius 1 is 1.63 bits per heavy atom. The zero-order valence-electron chi connectivity index (χ0n) is 11.3. The Hall–Kier alpha value is -1.21. The minimum Gasteiger partial charge on any atom is -0.355 e. The summed E-state index contributed by atoms with van der Waals surface area (Å²) in [7, 11) is 0. The average molecular weight is 283 g/mol. The maximum absolute atomic E-state index is 12.0. The maximum Gasteiger partial charge on any atom is 0.224 e. The molecular weight excluding hydrogens is 262 g/mol. The number of hydrogen-bond donors (Lipinski definition) is 2. The van der Waals surface area contributed by atoms with Crippen LogP contribution >= 0.6 is 11.5 Å². The second kappa shape index (κ2) is 6.81. The first-order chi connectivity index (χ1) is 9.24. The number of hydrogen-bond acceptors (Lipinski definition) is 6. The fourth-order valence-electron chi connectivity index (χ4n) is 2.22. The lowest BCUT2D eigenvalue weighted by molar-refractivity contribution is -0.125. The number of anilines is 1. The molecule has 1 fully saturated rings. The molecule has 106 valence electrons. The predicted molar refractivity (Wildman–Crippen MR) is 76.3 cm³/mol. The number of piperidine rings is 1. The molecule has 0 aliphatic carbocycles. The van der Waals surface area contributed by atoms with Gasteiger partial charge in [0.15, 0.2) is 0 Å². The van der Waals surface area contributed by atoms with Crippen LogP contribution in [0.3, 0.4) is 0 Å². The van der Waals surface area contributed by atoms with Crippen LogP contribution in [0.25, 0.3) is 0 Å². The zero-order chi connectivity index (χ0) is 13.7. The van der Waals surface area contributed by atoms with E-state index in [1.807, 2.05) is 6.92 Å². The largest absolute Gasteiger partial charge is 0.355 e. The monoisotopic (exact) mass is 283 g/mol. The lowest BCUT2D eigenvalue weighted by Gasteiger charge is -2.31. The summed E-state index contributed by atoms with van der Waals surface area (Å²) in [5, 5.41) is 3.81. The molecule has 0 radical (unpaired) electrons. The van der Waals surface area contributed by atoms with Crippen LogP contribution in [0.15, 0.2) is 0 Å². The van der Waals surface area contributed by atoms with E-state index in [4.69, 9.17) is 5.73 Å². The van der Waals surface area contributed by atoms with Gasteiger partial charge in [-0.05, 0) is 12.8 Å². The molecule has 3 N–H and O–H groups in total. The Balaban J connectivity index is 1.94. The number of aryl methyl sites for hydroxylation is 1. The van der Waals surface area contributed by atoms with E-state index >= 15 is 0 Å². The van der Waals surface area contributed by atoms with E-state index in [-0.39, 0.29) is 11.8 Å². The zero-order valence-corrected chi connectivity index (χ0v) is 12.1. The third kappa shape index (κ3) is 3.63. The fraction of sp³-hybridized carbons (Fsp3) is 0.750. The van der Waals surface area contributed by atoms with E-state index in [1.54, 1.807) is 0 Å². The average Bonchev–Trinajstić information content (AvgIpc) is 2.94. The Morgan fingerprint density at radius 3 is 3.16 bits per heavy atom. The SMILES string of the molecule is CCc1nsc(N2CCCC(C(=O)NCCN)C2)n1. The van der Waals surface area contributed by atoms with Gasteiger partial charge in [-0.15, -0.1) is 0 Å². The standard InChI is InChI=1S/C12H21N5OS/c1-2-10-15-12(19-16-10)17-7-3-4-9(8-17)11(18)14-6-5-13/h9H,2-8,13H2,1H3,(H,14,18). The number of nitrogens with one attached hydrogen (secondary N) is 1. The molecule has 6 nitrogen and oxygen atoms in total. The van der Waals surface area contributed by atoms with Crippen LogP contribution in [0, 0.1) is 5.92 Å². The van der Waals surface area contributed by atoms with Gasteiger partial charge in [0.1, 0.15) is 5.82 Å². The molecule has 0 saturated carbocycles. The fourth-order valence-corrected chi connectivity index (χ4v) is 3.01. The Morgan fingerprint density at radius 2 is 2.47 bits per heavy atom. The van der Waals surface area contributed by atoms with E-state index in [0.717, 1.165) is 43.3 Å². The highest BCUT2D eigenvalue weighted by molar-refractivity contribution is 7.09. The normalized spacial score (nSPS) is 19.5. The smallest absolute Gasteiger partial charge is 0.224 e. The van der Waals surface area contributed by atoms with Crippen molar-refractivity contribution >= 4 is 22.6 Å². The lowest BCUT2D eigenvalue weighted by atomic mass is 9.97. The van der Waals surface area contributed by atoms with E-state index in [0.29, 0.717) is 13.1 Å². The molecular formula is C12H21N5OS. The van der Waals surface area contributed by atoms with Crippen molar-refractivity contribution in [2.24, 2.45) is 11.7 Å². The third-order valence-electron chi connectivity index (χ3n) is 3.28. The summed E-state index contributed by atoms with van der Waals surface area (Å²) in [4.78, 5) is 18.6. The van der Waals surface area contributed by atoms with E-state index < -0.39 is 0 Å². The molecule has 2 heterocycles. The first kappa shape index (κ1) is 14.2. The van der Waals surface area contributed by atoms with Crippen LogP contribution in [0.4, 0.5) is 5.13 Å². The molecule has 1 atom stereocenters. The number of carbonyl (C=O) groups is 1. The highest BCUT2D eigenvalue weighted by Gasteiger charge is 2.27. The van der Waals surface area contributed by atoms with E-state index in [1.165, 1.54) is 11.5 Å². The topological polar surface area (TPSA) is 84.1 Å². The van der Waals surface area contributed by atoms with Crippen molar-refractivity contribution in [2.75, 3.05) is 31.1 Å². The molecule has 2 rings (SSSR count). The maximum atomic E-state index is 12.0. The van der Waals surface area contributed by atoms with Crippen molar-refractivity contribution in [2.45, 2.75) is 26.2 Å². The van der Waals surface area contributed by atoms with Crippen LogP contribution in [-0.2, 0) is 11.2 Å². The molecule has 0 aromatic carbocycles. The molecule has 1 unspecified atom stereocenters. The molecule has 0 spiro atoms. The van der Waals surface area contributed by atoms with Gasteiger partial charge in [0.25, 0.3) is 0 Å². The number of nitrogens with zero attached hydrogens (tertiary/aromatic N) is 3. The summed E-state index contributed by atoms with van der Waals surface area (Å²) >= 11 is 1.43. The van der Waals surface area contributed by atoms with Crippen molar-refractivity contribution in [3.05, 3.63) is 5.82 Å². The van der Waals surface area contributed by atoms with Crippen LogP contribution in [0.2, 0.25) is 0 Å². The lowest BCUT2D eigenvalue weighted by Crippen LogP contribution is -2.44. The molecule has 1 aromatic heterocycles. The van der Waals surface area contributed by atoms with Gasteiger partial charge in [0, 0.05) is 44.1 Å². The molecule has 19 heavy (non-hydrogen) atoms. The molecule has 1 aromatic rings. The van der Waals surface area contributed by atoms with Crippen LogP contribution in [-0.4, -0.2) is 41.4 Å². The number of nitrogens with two attached hydrogens (primary N) is 1. The first-order valence-electron chi connectivity index (χ1n) is 6.80. The minimum atomic E-state index is 0.0364. The second-order valence-corrected chi connectivity index (χ2v) is 5.44. The van der Waals surface area contributed by atoms with E-state index in [9.17, 15) is 4.79 Å². The van der Waals surface area contributed by atoms with Gasteiger partial charge >= 0.3 is 0 Å². The summed E-state index contributed by atoms with van der Waals surface area (Å²) in [5.74, 6) is 1.03. The Bertz CT molecular complexity index is 422. The summed E-state index contributed by atoms with van der Waals surface area (Å²) < 4.78 is 4.30. The molecule has 1 saturated heterocycles. The van der Waals surface area contributed by atoms with Crippen molar-refractivity contribution in [3.63, 3.8) is 0 Å². The van der Waals surface area contributed by atoms with Crippen LogP contribution in [0.1, 0.15) is 25.6 Å². The second-order valence-electron chi connectivity index (χ2n) is 4.71. The molecule has 1 aliphatic heterocycles. The van der Waals surface area contributed by atoms with Crippen LogP contribution in [0.5, 0.6) is 0 Å². The van der Waals surface area contributed by atoms with Crippen molar-refractivity contribution in [1.29, 1.82) is 0 Å². The quantitative estimate of drug-likeness (QED) is 0.817. The summed E-state index contributed by atoms with van der Waals surface area (Å²) in [6.07, 6.45) is 2.80. The van der Waals surface area contributed by atoms with Gasteiger partial charge in [-0.2, -0.15) is 4.37 Å². The summed E-state index contributed by atoms with van der Waals surface area (Å²) in [6, 6.07) is 0. The van der Waals surface area contributed by atoms with Crippen molar-refractivity contribution in [3.8, 4) is 0 Å². The number of aromatic nitrogens is 2. The van der Waals surface area contributed by atoms with Gasteiger partial charge in [0.2, 0.25) is 11.0 Å². The number of amides is 1. The van der Waals surface area contributed by atoms with Crippen molar-refractivity contribution < 1.29 is 4.79 Å². The predicted octanol–water partition coefficient (Wildman–Crippen LogP) is 0.392. The molecule has 1 aliphatic rings. The molecule has 0 bridgehead atoms. The van der Waals surface area contributed by atoms with Gasteiger partial charge in [0.05, 0.1) is 5.92 Å². The first-order valence-corrected chi connectivity index (χ1v) is 7.57. The van der Waals surface area contributed by atoms with Gasteiger partial charge < -0.3 is 16.0 Å². The van der Waals surface area contributed by atoms with Gasteiger partial charge in [-0.1, -0.05) is 6.92 Å². The molecule has 1 amide bonds. The van der Waals surface area contributed by atoms with Crippen LogP contribution < -0.4 is 16.0 Å². The third-order valence-corrected chi connectivity index (χ3v) is 4.09. The van der Waals surface area contributed by atoms with Gasteiger partial charge in [-0.25, -0.2) is 4.98 Å². The van der Waals surface area contributed by atoms with Gasteiger partial charge in [-0.3, -0.25) is 4.79 Å². The highest BCUT2D eigenvalue weighted by atomic mass is 32.1. The number of rotatable bonds is 5. The number of carbonyl (C=O) groups excluding carboxylic acids is 1. The Labute approximate surface area is 117 Å². The Kier molecular flexibility index (Phi) is 5.09. The van der Waals surface area contributed by atoms with E-state index in [2.05, 4.69) is 19.6 Å².